The van der Waals surface area contributed by atoms with Crippen LogP contribution in [0, 0.1) is 0 Å². The molecule has 2 heterocycles. The van der Waals surface area contributed by atoms with Gasteiger partial charge in [-0.05, 0) is 43.4 Å². The van der Waals surface area contributed by atoms with Gasteiger partial charge in [-0.3, -0.25) is 4.79 Å². The molecule has 0 aliphatic carbocycles. The molecule has 0 spiro atoms. The van der Waals surface area contributed by atoms with Crippen molar-refractivity contribution in [3.63, 3.8) is 0 Å². The number of amides is 1. The van der Waals surface area contributed by atoms with Crippen LogP contribution >= 0.6 is 11.6 Å². The number of nitrogens with zero attached hydrogens (tertiary/aromatic N) is 3. The van der Waals surface area contributed by atoms with E-state index in [1.165, 1.54) is 0 Å². The summed E-state index contributed by atoms with van der Waals surface area (Å²) in [5.74, 6) is -0.225. The molecular weight excluding hydrogens is 312 g/mol. The van der Waals surface area contributed by atoms with Gasteiger partial charge in [-0.25, -0.2) is 4.98 Å². The number of halogens is 1. The summed E-state index contributed by atoms with van der Waals surface area (Å²) in [6.45, 7) is 4.04. The maximum absolute atomic E-state index is 12.2. The summed E-state index contributed by atoms with van der Waals surface area (Å²) >= 11 is 5.83. The SMILES string of the molecule is CN1CCN(c2ccc(C(=O)Nc3ccc(Cl)cc3)nc2)CC1. The van der Waals surface area contributed by atoms with Crippen LogP contribution in [0.15, 0.2) is 42.6 Å². The van der Waals surface area contributed by atoms with Gasteiger partial charge in [0.2, 0.25) is 0 Å². The van der Waals surface area contributed by atoms with E-state index in [0.717, 1.165) is 31.9 Å². The second kappa shape index (κ2) is 6.98. The summed E-state index contributed by atoms with van der Waals surface area (Å²) in [7, 11) is 2.12. The van der Waals surface area contributed by atoms with Gasteiger partial charge in [0.1, 0.15) is 5.69 Å². The van der Waals surface area contributed by atoms with Crippen molar-refractivity contribution >= 4 is 28.9 Å². The molecule has 1 saturated heterocycles. The number of pyridine rings is 1. The molecule has 1 N–H and O–H groups in total. The molecule has 1 aliphatic rings. The first-order valence-electron chi connectivity index (χ1n) is 7.58. The van der Waals surface area contributed by atoms with E-state index in [-0.39, 0.29) is 5.91 Å². The van der Waals surface area contributed by atoms with Gasteiger partial charge in [0.25, 0.3) is 5.91 Å². The van der Waals surface area contributed by atoms with Crippen LogP contribution in [0.3, 0.4) is 0 Å². The molecule has 5 nitrogen and oxygen atoms in total. The minimum absolute atomic E-state index is 0.225. The number of aromatic nitrogens is 1. The number of likely N-dealkylation sites (N-methyl/N-ethyl adjacent to an activating group) is 1. The van der Waals surface area contributed by atoms with Gasteiger partial charge < -0.3 is 15.1 Å². The van der Waals surface area contributed by atoms with Gasteiger partial charge in [0, 0.05) is 36.9 Å². The third-order valence-electron chi connectivity index (χ3n) is 3.95. The highest BCUT2D eigenvalue weighted by Gasteiger charge is 2.15. The Bertz CT molecular complexity index is 664. The van der Waals surface area contributed by atoms with E-state index in [9.17, 15) is 4.79 Å². The normalized spacial score (nSPS) is 15.5. The van der Waals surface area contributed by atoms with Crippen molar-refractivity contribution in [3.05, 3.63) is 53.3 Å². The topological polar surface area (TPSA) is 48.5 Å². The number of anilines is 2. The fourth-order valence-corrected chi connectivity index (χ4v) is 2.63. The monoisotopic (exact) mass is 330 g/mol. The molecule has 0 radical (unpaired) electrons. The molecule has 0 bridgehead atoms. The summed E-state index contributed by atoms with van der Waals surface area (Å²) in [6, 6.07) is 10.7. The molecule has 0 saturated carbocycles. The van der Waals surface area contributed by atoms with E-state index in [0.29, 0.717) is 16.4 Å². The Balaban J connectivity index is 1.64. The van der Waals surface area contributed by atoms with Crippen LogP contribution in [-0.4, -0.2) is 49.0 Å². The van der Waals surface area contributed by atoms with Gasteiger partial charge in [-0.2, -0.15) is 0 Å². The van der Waals surface area contributed by atoms with Crippen molar-refractivity contribution in [2.24, 2.45) is 0 Å². The van der Waals surface area contributed by atoms with Crippen molar-refractivity contribution < 1.29 is 4.79 Å². The number of hydrogen-bond acceptors (Lipinski definition) is 4. The van der Waals surface area contributed by atoms with E-state index in [4.69, 9.17) is 11.6 Å². The molecule has 0 atom stereocenters. The summed E-state index contributed by atoms with van der Waals surface area (Å²) in [6.07, 6.45) is 1.77. The molecule has 1 aromatic carbocycles. The van der Waals surface area contributed by atoms with Gasteiger partial charge in [0.05, 0.1) is 11.9 Å². The zero-order chi connectivity index (χ0) is 16.2. The van der Waals surface area contributed by atoms with Crippen molar-refractivity contribution in [1.82, 2.24) is 9.88 Å². The highest BCUT2D eigenvalue weighted by atomic mass is 35.5. The van der Waals surface area contributed by atoms with Crippen molar-refractivity contribution in [2.45, 2.75) is 0 Å². The Morgan fingerprint density at radius 2 is 1.78 bits per heavy atom. The van der Waals surface area contributed by atoms with E-state index in [2.05, 4.69) is 27.1 Å². The standard InChI is InChI=1S/C17H19ClN4O/c1-21-8-10-22(11-9-21)15-6-7-16(19-12-15)17(23)20-14-4-2-13(18)3-5-14/h2-7,12H,8-11H2,1H3,(H,20,23). The molecule has 1 aromatic heterocycles. The molecule has 1 fully saturated rings. The minimum Gasteiger partial charge on any atom is -0.368 e. The van der Waals surface area contributed by atoms with Gasteiger partial charge >= 0.3 is 0 Å². The first-order valence-corrected chi connectivity index (χ1v) is 7.96. The predicted molar refractivity (Wildman–Crippen MR) is 93.4 cm³/mol. The molecule has 1 amide bonds. The Morgan fingerprint density at radius 1 is 1.09 bits per heavy atom. The number of benzene rings is 1. The minimum atomic E-state index is -0.225. The highest BCUT2D eigenvalue weighted by molar-refractivity contribution is 6.30. The van der Waals surface area contributed by atoms with Crippen LogP contribution < -0.4 is 10.2 Å². The summed E-state index contributed by atoms with van der Waals surface area (Å²) in [5, 5.41) is 3.45. The molecule has 2 aromatic rings. The van der Waals surface area contributed by atoms with Crippen LogP contribution in [-0.2, 0) is 0 Å². The Labute approximate surface area is 140 Å². The van der Waals surface area contributed by atoms with E-state index in [1.807, 2.05) is 6.07 Å². The largest absolute Gasteiger partial charge is 0.368 e. The zero-order valence-electron chi connectivity index (χ0n) is 13.0. The first-order chi connectivity index (χ1) is 11.1. The van der Waals surface area contributed by atoms with Crippen molar-refractivity contribution in [2.75, 3.05) is 43.4 Å². The van der Waals surface area contributed by atoms with Gasteiger partial charge in [-0.15, -0.1) is 0 Å². The number of carbonyl (C=O) groups excluding carboxylic acids is 1. The lowest BCUT2D eigenvalue weighted by atomic mass is 10.2. The highest BCUT2D eigenvalue weighted by Crippen LogP contribution is 2.17. The Morgan fingerprint density at radius 3 is 2.39 bits per heavy atom. The lowest BCUT2D eigenvalue weighted by Gasteiger charge is -2.33. The average Bonchev–Trinajstić information content (AvgIpc) is 2.58. The fraction of sp³-hybridized carbons (Fsp3) is 0.294. The van der Waals surface area contributed by atoms with Crippen LogP contribution in [0.4, 0.5) is 11.4 Å². The molecule has 120 valence electrons. The predicted octanol–water partition coefficient (Wildman–Crippen LogP) is 2.74. The summed E-state index contributed by atoms with van der Waals surface area (Å²) in [5.41, 5.74) is 2.16. The van der Waals surface area contributed by atoms with Crippen molar-refractivity contribution in [1.29, 1.82) is 0 Å². The van der Waals surface area contributed by atoms with Crippen LogP contribution in [0.2, 0.25) is 5.02 Å². The molecular formula is C17H19ClN4O. The second-order valence-corrected chi connectivity index (χ2v) is 6.09. The first kappa shape index (κ1) is 15.8. The lowest BCUT2D eigenvalue weighted by molar-refractivity contribution is 0.102. The molecule has 1 aliphatic heterocycles. The maximum Gasteiger partial charge on any atom is 0.274 e. The number of carbonyl (C=O) groups is 1. The number of piperazine rings is 1. The maximum atomic E-state index is 12.2. The van der Waals surface area contributed by atoms with E-state index in [1.54, 1.807) is 36.5 Å². The van der Waals surface area contributed by atoms with Gasteiger partial charge in [0.15, 0.2) is 0 Å². The van der Waals surface area contributed by atoms with Crippen LogP contribution in [0.1, 0.15) is 10.5 Å². The number of hydrogen-bond donors (Lipinski definition) is 1. The Kier molecular flexibility index (Phi) is 4.79. The van der Waals surface area contributed by atoms with E-state index < -0.39 is 0 Å². The smallest absolute Gasteiger partial charge is 0.274 e. The van der Waals surface area contributed by atoms with E-state index >= 15 is 0 Å². The average molecular weight is 331 g/mol. The molecule has 0 unspecified atom stereocenters. The third kappa shape index (κ3) is 4.00. The molecule has 6 heteroatoms. The third-order valence-corrected chi connectivity index (χ3v) is 4.20. The fourth-order valence-electron chi connectivity index (χ4n) is 2.50. The van der Waals surface area contributed by atoms with Gasteiger partial charge in [-0.1, -0.05) is 11.6 Å². The number of nitrogens with one attached hydrogen (secondary N) is 1. The summed E-state index contributed by atoms with van der Waals surface area (Å²) in [4.78, 5) is 21.1. The number of rotatable bonds is 3. The van der Waals surface area contributed by atoms with Crippen LogP contribution in [0.25, 0.3) is 0 Å². The summed E-state index contributed by atoms with van der Waals surface area (Å²) < 4.78 is 0. The quantitative estimate of drug-likeness (QED) is 0.940. The molecule has 3 rings (SSSR count). The van der Waals surface area contributed by atoms with Crippen LogP contribution in [0.5, 0.6) is 0 Å². The van der Waals surface area contributed by atoms with Crippen molar-refractivity contribution in [3.8, 4) is 0 Å². The molecule has 23 heavy (non-hydrogen) atoms. The second-order valence-electron chi connectivity index (χ2n) is 5.65. The Hall–Kier alpha value is -2.11. The lowest BCUT2D eigenvalue weighted by Crippen LogP contribution is -2.44. The zero-order valence-corrected chi connectivity index (χ0v) is 13.8.